The van der Waals surface area contributed by atoms with Crippen LogP contribution in [0.5, 0.6) is 0 Å². The van der Waals surface area contributed by atoms with Gasteiger partial charge in [0, 0.05) is 32.5 Å². The number of carbonyl (C=O) groups excluding carboxylic acids is 2. The number of rotatable bonds is 12. The van der Waals surface area contributed by atoms with Gasteiger partial charge >= 0.3 is 0 Å². The van der Waals surface area contributed by atoms with Crippen molar-refractivity contribution in [3.8, 4) is 0 Å². The van der Waals surface area contributed by atoms with Gasteiger partial charge in [0.15, 0.2) is 0 Å². The number of hydrogen-bond acceptors (Lipinski definition) is 4. The summed E-state index contributed by atoms with van der Waals surface area (Å²) in [5.74, 6) is 0.233. The third-order valence-electron chi connectivity index (χ3n) is 4.46. The molecule has 2 amide bonds. The molecule has 2 N–H and O–H groups in total. The number of amides is 2. The summed E-state index contributed by atoms with van der Waals surface area (Å²) in [5, 5.41) is 5.75. The van der Waals surface area contributed by atoms with E-state index in [9.17, 15) is 9.59 Å². The molecule has 0 unspecified atom stereocenters. The highest BCUT2D eigenvalue weighted by molar-refractivity contribution is 5.76. The highest BCUT2D eigenvalue weighted by atomic mass is 16.5. The van der Waals surface area contributed by atoms with Crippen LogP contribution in [-0.4, -0.2) is 51.3 Å². The van der Waals surface area contributed by atoms with Crippen LogP contribution in [0, 0.1) is 21.7 Å². The van der Waals surface area contributed by atoms with E-state index in [1.165, 1.54) is 0 Å². The highest BCUT2D eigenvalue weighted by Crippen LogP contribution is 2.20. The van der Waals surface area contributed by atoms with E-state index in [1.54, 1.807) is 0 Å². The molecule has 0 aliphatic carbocycles. The number of hydrogen-bond donors (Lipinski definition) is 2. The van der Waals surface area contributed by atoms with Crippen LogP contribution in [0.4, 0.5) is 0 Å². The summed E-state index contributed by atoms with van der Waals surface area (Å²) in [4.78, 5) is 23.0. The minimum absolute atomic E-state index is 0.0528. The minimum Gasteiger partial charge on any atom is -0.380 e. The first-order chi connectivity index (χ1) is 15.2. The summed E-state index contributed by atoms with van der Waals surface area (Å²) in [6.45, 7) is 29.5. The molecule has 6 heteroatoms. The average Bonchev–Trinajstić information content (AvgIpc) is 2.59. The SMILES string of the molecule is CC(C)(C)CCC(=O)NCCOCC(C)(C)C.CC(C)(C)CCOCCNC(=O)CC(C)(C)C. The van der Waals surface area contributed by atoms with E-state index in [4.69, 9.17) is 9.47 Å². The van der Waals surface area contributed by atoms with E-state index >= 15 is 0 Å². The van der Waals surface area contributed by atoms with E-state index in [2.05, 4.69) is 93.7 Å². The maximum Gasteiger partial charge on any atom is 0.220 e. The van der Waals surface area contributed by atoms with Crippen LogP contribution in [0.1, 0.15) is 109 Å². The quantitative estimate of drug-likeness (QED) is 0.333. The van der Waals surface area contributed by atoms with Crippen molar-refractivity contribution in [2.24, 2.45) is 21.7 Å². The summed E-state index contributed by atoms with van der Waals surface area (Å²) < 4.78 is 11.0. The number of nitrogens with one attached hydrogen (secondary N) is 2. The highest BCUT2D eigenvalue weighted by Gasteiger charge is 2.15. The molecule has 0 aromatic carbocycles. The van der Waals surface area contributed by atoms with Gasteiger partial charge in [0.05, 0.1) is 19.8 Å². The summed E-state index contributed by atoms with van der Waals surface area (Å²) in [5.41, 5.74) is 0.781. The van der Waals surface area contributed by atoms with E-state index in [1.807, 2.05) is 0 Å². The Morgan fingerprint density at radius 2 is 1.03 bits per heavy atom. The molecule has 0 aliphatic heterocycles. The second-order valence-corrected chi connectivity index (χ2v) is 14.0. The molecule has 0 saturated heterocycles. The van der Waals surface area contributed by atoms with Crippen LogP contribution in [0.25, 0.3) is 0 Å². The van der Waals surface area contributed by atoms with E-state index < -0.39 is 0 Å². The van der Waals surface area contributed by atoms with Gasteiger partial charge in [0.2, 0.25) is 11.8 Å². The largest absolute Gasteiger partial charge is 0.380 e. The van der Waals surface area contributed by atoms with Crippen LogP contribution in [0.3, 0.4) is 0 Å². The summed E-state index contributed by atoms with van der Waals surface area (Å²) in [7, 11) is 0. The minimum atomic E-state index is 0.0528. The van der Waals surface area contributed by atoms with E-state index in [-0.39, 0.29) is 28.1 Å². The van der Waals surface area contributed by atoms with Crippen molar-refractivity contribution in [3.63, 3.8) is 0 Å². The molecule has 0 radical (unpaired) electrons. The Balaban J connectivity index is 0. The molecule has 0 saturated carbocycles. The van der Waals surface area contributed by atoms with Crippen molar-refractivity contribution in [1.82, 2.24) is 10.6 Å². The molecule has 0 rings (SSSR count). The molecule has 34 heavy (non-hydrogen) atoms. The lowest BCUT2D eigenvalue weighted by Crippen LogP contribution is -2.30. The average molecular weight is 487 g/mol. The third kappa shape index (κ3) is 33.0. The number of carbonyl (C=O) groups is 2. The maximum atomic E-state index is 11.5. The Morgan fingerprint density at radius 3 is 1.47 bits per heavy atom. The molecule has 0 aliphatic rings. The van der Waals surface area contributed by atoms with E-state index in [0.717, 1.165) is 26.1 Å². The van der Waals surface area contributed by atoms with Gasteiger partial charge in [-0.05, 0) is 34.5 Å². The van der Waals surface area contributed by atoms with Gasteiger partial charge in [-0.1, -0.05) is 83.1 Å². The third-order valence-corrected chi connectivity index (χ3v) is 4.46. The van der Waals surface area contributed by atoms with Gasteiger partial charge < -0.3 is 20.1 Å². The lowest BCUT2D eigenvalue weighted by atomic mass is 9.90. The van der Waals surface area contributed by atoms with Gasteiger partial charge in [-0.25, -0.2) is 0 Å². The monoisotopic (exact) mass is 486 g/mol. The fraction of sp³-hybridized carbons (Fsp3) is 0.929. The topological polar surface area (TPSA) is 76.7 Å². The Hall–Kier alpha value is -1.14. The lowest BCUT2D eigenvalue weighted by Gasteiger charge is -2.19. The lowest BCUT2D eigenvalue weighted by molar-refractivity contribution is -0.123. The second kappa shape index (κ2) is 16.5. The Labute approximate surface area is 211 Å². The maximum absolute atomic E-state index is 11.5. The Kier molecular flexibility index (Phi) is 17.0. The smallest absolute Gasteiger partial charge is 0.220 e. The van der Waals surface area contributed by atoms with E-state index in [0.29, 0.717) is 44.6 Å². The van der Waals surface area contributed by atoms with Crippen molar-refractivity contribution in [2.75, 3.05) is 39.5 Å². The summed E-state index contributed by atoms with van der Waals surface area (Å²) in [6.07, 6.45) is 3.13. The fourth-order valence-corrected chi connectivity index (χ4v) is 2.51. The van der Waals surface area contributed by atoms with Crippen LogP contribution >= 0.6 is 0 Å². The first-order valence-corrected chi connectivity index (χ1v) is 12.9. The molecular formula is C28H58N2O4. The zero-order valence-corrected chi connectivity index (χ0v) is 24.7. The van der Waals surface area contributed by atoms with Crippen molar-refractivity contribution in [3.05, 3.63) is 0 Å². The van der Waals surface area contributed by atoms with Crippen LogP contribution in [0.2, 0.25) is 0 Å². The molecule has 204 valence electrons. The summed E-state index contributed by atoms with van der Waals surface area (Å²) >= 11 is 0. The van der Waals surface area contributed by atoms with Crippen LogP contribution in [0.15, 0.2) is 0 Å². The molecule has 0 heterocycles. The molecule has 0 aromatic rings. The van der Waals surface area contributed by atoms with Gasteiger partial charge in [0.1, 0.15) is 0 Å². The summed E-state index contributed by atoms with van der Waals surface area (Å²) in [6, 6.07) is 0. The van der Waals surface area contributed by atoms with Gasteiger partial charge in [0.25, 0.3) is 0 Å². The molecular weight excluding hydrogens is 428 g/mol. The van der Waals surface area contributed by atoms with Crippen molar-refractivity contribution in [2.45, 2.75) is 109 Å². The fourth-order valence-electron chi connectivity index (χ4n) is 2.51. The zero-order valence-electron chi connectivity index (χ0n) is 24.7. The van der Waals surface area contributed by atoms with Crippen molar-refractivity contribution < 1.29 is 19.1 Å². The zero-order chi connectivity index (χ0) is 27.1. The predicted octanol–water partition coefficient (Wildman–Crippen LogP) is 5.98. The van der Waals surface area contributed by atoms with Gasteiger partial charge in [-0.2, -0.15) is 0 Å². The molecule has 0 bridgehead atoms. The van der Waals surface area contributed by atoms with Crippen LogP contribution in [-0.2, 0) is 19.1 Å². The first kappa shape index (κ1) is 35.0. The molecule has 0 aromatic heterocycles. The predicted molar refractivity (Wildman–Crippen MR) is 144 cm³/mol. The van der Waals surface area contributed by atoms with Gasteiger partial charge in [-0.3, -0.25) is 9.59 Å². The molecule has 6 nitrogen and oxygen atoms in total. The Morgan fingerprint density at radius 1 is 0.559 bits per heavy atom. The molecule has 0 fully saturated rings. The van der Waals surface area contributed by atoms with Crippen molar-refractivity contribution >= 4 is 11.8 Å². The first-order valence-electron chi connectivity index (χ1n) is 12.9. The van der Waals surface area contributed by atoms with Crippen molar-refractivity contribution in [1.29, 1.82) is 0 Å². The van der Waals surface area contributed by atoms with Crippen LogP contribution < -0.4 is 10.6 Å². The molecule has 0 atom stereocenters. The normalized spacial score (nSPS) is 12.6. The van der Waals surface area contributed by atoms with Gasteiger partial charge in [-0.15, -0.1) is 0 Å². The number of ether oxygens (including phenoxy) is 2. The standard InChI is InChI=1S/2C14H29NO2/c1-13(2,3)7-9-17-10-8-15-12(16)11-14(4,5)6;1-13(2,3)8-7-12(16)15-9-10-17-11-14(4,5)6/h2*7-11H2,1-6H3,(H,15,16). The second-order valence-electron chi connectivity index (χ2n) is 14.0. The molecule has 0 spiro atoms. The Bertz CT molecular complexity index is 547.